The summed E-state index contributed by atoms with van der Waals surface area (Å²) in [5.74, 6) is 0.00831. The summed E-state index contributed by atoms with van der Waals surface area (Å²) in [5, 5.41) is 7.46. The maximum atomic E-state index is 12.5. The lowest BCUT2D eigenvalue weighted by atomic mass is 9.95. The van der Waals surface area contributed by atoms with Crippen molar-refractivity contribution in [3.05, 3.63) is 53.7 Å². The molecule has 3 heterocycles. The van der Waals surface area contributed by atoms with Gasteiger partial charge in [0.05, 0.1) is 0 Å². The van der Waals surface area contributed by atoms with Crippen molar-refractivity contribution in [1.29, 1.82) is 0 Å². The van der Waals surface area contributed by atoms with Crippen LogP contribution >= 0.6 is 11.8 Å². The van der Waals surface area contributed by atoms with E-state index in [1.54, 1.807) is 25.3 Å². The molecule has 6 heteroatoms. The number of amides is 1. The van der Waals surface area contributed by atoms with Crippen molar-refractivity contribution in [2.75, 3.05) is 0 Å². The molecule has 0 unspecified atom stereocenters. The van der Waals surface area contributed by atoms with Crippen molar-refractivity contribution in [3.63, 3.8) is 0 Å². The number of fused-ring (bicyclic) bond motifs is 2. The van der Waals surface area contributed by atoms with Crippen LogP contribution < -0.4 is 10.6 Å². The smallest absolute Gasteiger partial charge is 0.251 e. The standard InChI is InChI=1S/C20H21N3O2S/c1-12(24)14-8-9-21-19(10-14)26-16-5-2-13(3-6-16)20(25)23-18-11-15-4-7-17(18)22-15/h2-3,5-6,8-10,15,17-18,22H,4,7,11H2,1H3,(H,23,25)/t15-,17+,18-/m1/s1. The van der Waals surface area contributed by atoms with Gasteiger partial charge in [-0.05, 0) is 62.6 Å². The lowest BCUT2D eigenvalue weighted by Crippen LogP contribution is -2.42. The second kappa shape index (κ2) is 7.21. The van der Waals surface area contributed by atoms with Gasteiger partial charge in [0, 0.05) is 40.3 Å². The van der Waals surface area contributed by atoms with E-state index in [2.05, 4.69) is 15.6 Å². The number of aromatic nitrogens is 1. The predicted octanol–water partition coefficient (Wildman–Crippen LogP) is 3.06. The van der Waals surface area contributed by atoms with E-state index in [0.29, 0.717) is 23.2 Å². The first-order chi connectivity index (χ1) is 12.6. The molecule has 2 aliphatic rings. The minimum Gasteiger partial charge on any atom is -0.348 e. The Labute approximate surface area is 157 Å². The molecule has 26 heavy (non-hydrogen) atoms. The molecule has 0 radical (unpaired) electrons. The number of ketones is 1. The zero-order valence-corrected chi connectivity index (χ0v) is 15.4. The lowest BCUT2D eigenvalue weighted by molar-refractivity contribution is 0.0930. The van der Waals surface area contributed by atoms with Crippen LogP contribution in [0.2, 0.25) is 0 Å². The maximum Gasteiger partial charge on any atom is 0.251 e. The van der Waals surface area contributed by atoms with Gasteiger partial charge in [0.1, 0.15) is 5.03 Å². The van der Waals surface area contributed by atoms with Gasteiger partial charge in [-0.1, -0.05) is 11.8 Å². The Morgan fingerprint density at radius 1 is 1.15 bits per heavy atom. The van der Waals surface area contributed by atoms with Gasteiger partial charge < -0.3 is 10.6 Å². The van der Waals surface area contributed by atoms with Gasteiger partial charge in [0.25, 0.3) is 5.91 Å². The fourth-order valence-electron chi connectivity index (χ4n) is 3.71. The highest BCUT2D eigenvalue weighted by atomic mass is 32.2. The topological polar surface area (TPSA) is 71.1 Å². The number of carbonyl (C=O) groups is 2. The average Bonchev–Trinajstić information content (AvgIpc) is 3.25. The van der Waals surface area contributed by atoms with E-state index >= 15 is 0 Å². The minimum atomic E-state index is -0.0161. The number of rotatable bonds is 5. The van der Waals surface area contributed by atoms with Gasteiger partial charge >= 0.3 is 0 Å². The summed E-state index contributed by atoms with van der Waals surface area (Å²) in [6.07, 6.45) is 5.05. The Balaban J connectivity index is 1.39. The molecule has 2 N–H and O–H groups in total. The third kappa shape index (κ3) is 3.66. The predicted molar refractivity (Wildman–Crippen MR) is 101 cm³/mol. The Bertz CT molecular complexity index is 837. The van der Waals surface area contributed by atoms with Crippen LogP contribution in [0.25, 0.3) is 0 Å². The summed E-state index contributed by atoms with van der Waals surface area (Å²) in [7, 11) is 0. The third-order valence-corrected chi connectivity index (χ3v) is 6.04. The van der Waals surface area contributed by atoms with E-state index in [-0.39, 0.29) is 17.7 Å². The molecular formula is C20H21N3O2S. The summed E-state index contributed by atoms with van der Waals surface area (Å²) >= 11 is 1.48. The van der Waals surface area contributed by atoms with Crippen molar-refractivity contribution < 1.29 is 9.59 Å². The van der Waals surface area contributed by atoms with Crippen molar-refractivity contribution in [2.45, 2.75) is 54.2 Å². The van der Waals surface area contributed by atoms with Crippen molar-refractivity contribution >= 4 is 23.5 Å². The zero-order chi connectivity index (χ0) is 18.1. The lowest BCUT2D eigenvalue weighted by Gasteiger charge is -2.21. The van der Waals surface area contributed by atoms with Gasteiger partial charge in [-0.15, -0.1) is 0 Å². The van der Waals surface area contributed by atoms with Crippen LogP contribution in [0, 0.1) is 0 Å². The number of hydrogen-bond acceptors (Lipinski definition) is 5. The van der Waals surface area contributed by atoms with Crippen LogP contribution in [0.4, 0.5) is 0 Å². The summed E-state index contributed by atoms with van der Waals surface area (Å²) < 4.78 is 0. The van der Waals surface area contributed by atoms with Crippen LogP contribution in [-0.4, -0.2) is 34.8 Å². The average molecular weight is 367 g/mol. The molecule has 2 bridgehead atoms. The number of benzene rings is 1. The second-order valence-corrected chi connectivity index (χ2v) is 8.02. The van der Waals surface area contributed by atoms with E-state index in [4.69, 9.17) is 0 Å². The second-order valence-electron chi connectivity index (χ2n) is 6.93. The Morgan fingerprint density at radius 3 is 2.62 bits per heavy atom. The number of nitrogens with zero attached hydrogens (tertiary/aromatic N) is 1. The first kappa shape index (κ1) is 17.2. The fourth-order valence-corrected chi connectivity index (χ4v) is 4.53. The van der Waals surface area contributed by atoms with E-state index in [9.17, 15) is 9.59 Å². The number of hydrogen-bond donors (Lipinski definition) is 2. The zero-order valence-electron chi connectivity index (χ0n) is 14.6. The molecule has 1 aromatic heterocycles. The summed E-state index contributed by atoms with van der Waals surface area (Å²) in [5.41, 5.74) is 1.32. The van der Waals surface area contributed by atoms with Crippen LogP contribution in [0.5, 0.6) is 0 Å². The molecule has 0 saturated carbocycles. The quantitative estimate of drug-likeness (QED) is 0.795. The Morgan fingerprint density at radius 2 is 1.96 bits per heavy atom. The fraction of sp³-hybridized carbons (Fsp3) is 0.350. The van der Waals surface area contributed by atoms with E-state index < -0.39 is 0 Å². The Hall–Kier alpha value is -2.18. The van der Waals surface area contributed by atoms with Gasteiger partial charge in [0.15, 0.2) is 5.78 Å². The third-order valence-electron chi connectivity index (χ3n) is 5.10. The summed E-state index contributed by atoms with van der Waals surface area (Å²) in [6.45, 7) is 1.54. The maximum absolute atomic E-state index is 12.5. The van der Waals surface area contributed by atoms with Gasteiger partial charge in [-0.3, -0.25) is 9.59 Å². The monoisotopic (exact) mass is 367 g/mol. The SMILES string of the molecule is CC(=O)c1ccnc(Sc2ccc(C(=O)N[C@@H]3C[C@H]4CC[C@@H]3N4)cc2)c1. The van der Waals surface area contributed by atoms with Crippen molar-refractivity contribution in [3.8, 4) is 0 Å². The number of nitrogens with one attached hydrogen (secondary N) is 2. The van der Waals surface area contributed by atoms with Gasteiger partial charge in [-0.25, -0.2) is 4.98 Å². The van der Waals surface area contributed by atoms with Crippen LogP contribution in [0.3, 0.4) is 0 Å². The first-order valence-corrected chi connectivity index (χ1v) is 9.72. The highest BCUT2D eigenvalue weighted by molar-refractivity contribution is 7.99. The van der Waals surface area contributed by atoms with Gasteiger partial charge in [0.2, 0.25) is 0 Å². The molecule has 2 aliphatic heterocycles. The molecule has 5 nitrogen and oxygen atoms in total. The summed E-state index contributed by atoms with van der Waals surface area (Å²) in [4.78, 5) is 29.2. The molecule has 0 spiro atoms. The molecular weight excluding hydrogens is 346 g/mol. The van der Waals surface area contributed by atoms with E-state index in [1.165, 1.54) is 18.2 Å². The van der Waals surface area contributed by atoms with Crippen LogP contribution in [0.15, 0.2) is 52.5 Å². The molecule has 1 aromatic carbocycles. The highest BCUT2D eigenvalue weighted by Crippen LogP contribution is 2.29. The Kier molecular flexibility index (Phi) is 4.78. The highest BCUT2D eigenvalue weighted by Gasteiger charge is 2.39. The number of Topliss-reactive ketones (excluding diaryl/α,β-unsaturated/α-hetero) is 1. The summed E-state index contributed by atoms with van der Waals surface area (Å²) in [6, 6.07) is 12.3. The molecule has 4 rings (SSSR count). The van der Waals surface area contributed by atoms with Crippen LogP contribution in [0.1, 0.15) is 46.9 Å². The molecule has 2 fully saturated rings. The van der Waals surface area contributed by atoms with Crippen molar-refractivity contribution in [1.82, 2.24) is 15.6 Å². The molecule has 2 saturated heterocycles. The van der Waals surface area contributed by atoms with E-state index in [1.807, 2.05) is 24.3 Å². The normalized spacial score (nSPS) is 23.8. The number of carbonyl (C=O) groups excluding carboxylic acids is 2. The largest absolute Gasteiger partial charge is 0.348 e. The molecule has 0 aliphatic carbocycles. The van der Waals surface area contributed by atoms with Crippen molar-refractivity contribution in [2.24, 2.45) is 0 Å². The minimum absolute atomic E-state index is 0.0161. The molecule has 134 valence electrons. The van der Waals surface area contributed by atoms with Gasteiger partial charge in [-0.2, -0.15) is 0 Å². The molecule has 3 atom stereocenters. The molecule has 2 aromatic rings. The first-order valence-electron chi connectivity index (χ1n) is 8.90. The molecule has 1 amide bonds. The van der Waals surface area contributed by atoms with E-state index in [0.717, 1.165) is 22.8 Å². The number of pyridine rings is 1. The van der Waals surface area contributed by atoms with Crippen LogP contribution in [-0.2, 0) is 0 Å².